The maximum absolute atomic E-state index is 13.3. The minimum atomic E-state index is -5.79. The minimum absolute atomic E-state index is 0.258. The summed E-state index contributed by atoms with van der Waals surface area (Å²) in [5.74, 6) is 0. The fourth-order valence-electron chi connectivity index (χ4n) is 4.26. The standard InChI is InChI=1S/C22H26N3O15P3/c1-13-15(14-5-3-2-4-6-14)7-9-23-16(13)11-25-18(26)8-10-24(22(25)29)21-20(28)19(27)17(38-21)12-37-42(33,34)40-43(35,36)39-41(30,31)32/h2-10,17,19-21,27-28H,11-12H2,1H3,(H,33,34)(H,35,36)(H2,30,31,32)/t17-,19?,20?,21-/m1/s1. The molecular weight excluding hydrogens is 639 g/mol. The molecular formula is C22H26N3O15P3. The van der Waals surface area contributed by atoms with Gasteiger partial charge in [-0.15, -0.1) is 0 Å². The van der Waals surface area contributed by atoms with Crippen LogP contribution in [0.5, 0.6) is 0 Å². The summed E-state index contributed by atoms with van der Waals surface area (Å²) in [7, 11) is -17.0. The number of rotatable bonds is 11. The second kappa shape index (κ2) is 12.8. The van der Waals surface area contributed by atoms with E-state index >= 15 is 0 Å². The van der Waals surface area contributed by atoms with Crippen molar-refractivity contribution in [1.29, 1.82) is 0 Å². The van der Waals surface area contributed by atoms with Gasteiger partial charge < -0.3 is 34.5 Å². The van der Waals surface area contributed by atoms with Crippen LogP contribution in [0, 0.1) is 6.92 Å². The van der Waals surface area contributed by atoms with Crippen molar-refractivity contribution < 1.29 is 61.4 Å². The van der Waals surface area contributed by atoms with Crippen LogP contribution in [0.1, 0.15) is 17.5 Å². The summed E-state index contributed by atoms with van der Waals surface area (Å²) < 4.78 is 53.0. The topological polar surface area (TPSA) is 266 Å². The van der Waals surface area contributed by atoms with Gasteiger partial charge in [-0.25, -0.2) is 18.5 Å². The number of hydrogen-bond donors (Lipinski definition) is 6. The lowest BCUT2D eigenvalue weighted by Gasteiger charge is -2.20. The highest BCUT2D eigenvalue weighted by atomic mass is 31.3. The van der Waals surface area contributed by atoms with E-state index in [9.17, 15) is 43.3 Å². The fourth-order valence-corrected chi connectivity index (χ4v) is 7.29. The molecule has 43 heavy (non-hydrogen) atoms. The molecule has 6 N–H and O–H groups in total. The normalized spacial score (nSPS) is 23.5. The summed E-state index contributed by atoms with van der Waals surface area (Å²) in [4.78, 5) is 66.4. The highest BCUT2D eigenvalue weighted by molar-refractivity contribution is 7.66. The largest absolute Gasteiger partial charge is 0.490 e. The maximum atomic E-state index is 13.3. The van der Waals surface area contributed by atoms with Crippen molar-refractivity contribution in [2.24, 2.45) is 0 Å². The molecule has 1 fully saturated rings. The first-order chi connectivity index (χ1) is 20.0. The van der Waals surface area contributed by atoms with Crippen LogP contribution < -0.4 is 11.2 Å². The molecule has 2 aromatic heterocycles. The lowest BCUT2D eigenvalue weighted by atomic mass is 10.0. The summed E-state index contributed by atoms with van der Waals surface area (Å²) >= 11 is 0. The molecule has 1 aliphatic rings. The number of aliphatic hydroxyl groups is 2. The summed E-state index contributed by atoms with van der Waals surface area (Å²) in [6.07, 6.45) is -4.42. The zero-order valence-corrected chi connectivity index (χ0v) is 24.6. The van der Waals surface area contributed by atoms with Gasteiger partial charge in [0.25, 0.3) is 5.56 Å². The number of phosphoric acid groups is 3. The summed E-state index contributed by atoms with van der Waals surface area (Å²) in [6, 6.07) is 12.1. The lowest BCUT2D eigenvalue weighted by molar-refractivity contribution is -0.0547. The molecule has 234 valence electrons. The number of hydrogen-bond acceptors (Lipinski definition) is 12. The van der Waals surface area contributed by atoms with Crippen LogP contribution in [0.3, 0.4) is 0 Å². The van der Waals surface area contributed by atoms with Gasteiger partial charge in [0.2, 0.25) is 0 Å². The van der Waals surface area contributed by atoms with Crippen molar-refractivity contribution in [3.63, 3.8) is 0 Å². The second-order valence-corrected chi connectivity index (χ2v) is 13.6. The van der Waals surface area contributed by atoms with E-state index in [2.05, 4.69) is 18.1 Å². The predicted molar refractivity (Wildman–Crippen MR) is 144 cm³/mol. The van der Waals surface area contributed by atoms with Crippen molar-refractivity contribution in [1.82, 2.24) is 14.1 Å². The van der Waals surface area contributed by atoms with Gasteiger partial charge in [0.05, 0.1) is 18.8 Å². The average molecular weight is 665 g/mol. The summed E-state index contributed by atoms with van der Waals surface area (Å²) in [5.41, 5.74) is 1.16. The van der Waals surface area contributed by atoms with Crippen LogP contribution in [0.25, 0.3) is 11.1 Å². The number of aromatic nitrogens is 3. The van der Waals surface area contributed by atoms with Crippen molar-refractivity contribution >= 4 is 23.5 Å². The minimum Gasteiger partial charge on any atom is -0.387 e. The zero-order valence-electron chi connectivity index (χ0n) is 22.0. The third-order valence-electron chi connectivity index (χ3n) is 6.23. The second-order valence-electron chi connectivity index (χ2n) is 9.16. The first-order valence-corrected chi connectivity index (χ1v) is 16.6. The van der Waals surface area contributed by atoms with Crippen molar-refractivity contribution in [2.45, 2.75) is 38.0 Å². The van der Waals surface area contributed by atoms with Crippen LogP contribution in [0.2, 0.25) is 0 Å². The van der Waals surface area contributed by atoms with E-state index in [1.54, 1.807) is 13.0 Å². The van der Waals surface area contributed by atoms with Gasteiger partial charge >= 0.3 is 29.2 Å². The van der Waals surface area contributed by atoms with E-state index in [4.69, 9.17) is 14.5 Å². The fraction of sp³-hybridized carbons (Fsp3) is 0.318. The number of benzene rings is 1. The molecule has 1 saturated heterocycles. The first kappa shape index (κ1) is 33.2. The molecule has 18 nitrogen and oxygen atoms in total. The maximum Gasteiger partial charge on any atom is 0.490 e. The zero-order chi connectivity index (χ0) is 31.7. The Hall–Kier alpha value is -2.66. The Bertz CT molecular complexity index is 1740. The number of nitrogens with zero attached hydrogens (tertiary/aromatic N) is 3. The Labute approximate surface area is 241 Å². The lowest BCUT2D eigenvalue weighted by Crippen LogP contribution is -2.43. The van der Waals surface area contributed by atoms with Gasteiger partial charge in [-0.1, -0.05) is 30.3 Å². The van der Waals surface area contributed by atoms with Crippen LogP contribution in [0.4, 0.5) is 0 Å². The van der Waals surface area contributed by atoms with Gasteiger partial charge in [-0.2, -0.15) is 8.62 Å². The smallest absolute Gasteiger partial charge is 0.387 e. The molecule has 0 spiro atoms. The number of pyridine rings is 1. The van der Waals surface area contributed by atoms with Crippen molar-refractivity contribution in [3.05, 3.63) is 87.0 Å². The van der Waals surface area contributed by atoms with Gasteiger partial charge in [0.15, 0.2) is 6.23 Å². The molecule has 1 aliphatic heterocycles. The molecule has 4 unspecified atom stereocenters. The summed E-state index contributed by atoms with van der Waals surface area (Å²) in [6.45, 7) is 0.438. The van der Waals surface area contributed by atoms with Crippen LogP contribution in [-0.2, 0) is 38.1 Å². The van der Waals surface area contributed by atoms with E-state index in [1.165, 1.54) is 6.20 Å². The van der Waals surface area contributed by atoms with Crippen LogP contribution in [0.15, 0.2) is 64.4 Å². The number of aliphatic hydroxyl groups excluding tert-OH is 2. The summed E-state index contributed by atoms with van der Waals surface area (Å²) in [5, 5.41) is 21.0. The van der Waals surface area contributed by atoms with Crippen molar-refractivity contribution in [2.75, 3.05) is 6.61 Å². The predicted octanol–water partition coefficient (Wildman–Crippen LogP) is 0.391. The van der Waals surface area contributed by atoms with Crippen LogP contribution >= 0.6 is 23.5 Å². The van der Waals surface area contributed by atoms with Gasteiger partial charge in [-0.3, -0.25) is 23.4 Å². The van der Waals surface area contributed by atoms with E-state index in [0.29, 0.717) is 11.3 Å². The van der Waals surface area contributed by atoms with Crippen LogP contribution in [-0.4, -0.2) is 68.8 Å². The number of ether oxygens (including phenoxy) is 1. The monoisotopic (exact) mass is 665 g/mol. The molecule has 0 aliphatic carbocycles. The average Bonchev–Trinajstić information content (AvgIpc) is 3.18. The molecule has 1 aromatic carbocycles. The van der Waals surface area contributed by atoms with E-state index in [0.717, 1.165) is 32.5 Å². The Kier molecular flexibility index (Phi) is 9.86. The van der Waals surface area contributed by atoms with Gasteiger partial charge in [0.1, 0.15) is 18.3 Å². The van der Waals surface area contributed by atoms with E-state index in [1.807, 2.05) is 30.3 Å². The third kappa shape index (κ3) is 8.09. The highest BCUT2D eigenvalue weighted by Crippen LogP contribution is 2.66. The van der Waals surface area contributed by atoms with E-state index in [-0.39, 0.29) is 6.54 Å². The Morgan fingerprint density at radius 3 is 2.26 bits per heavy atom. The first-order valence-electron chi connectivity index (χ1n) is 12.1. The highest BCUT2D eigenvalue weighted by Gasteiger charge is 2.47. The Morgan fingerprint density at radius 1 is 0.930 bits per heavy atom. The van der Waals surface area contributed by atoms with E-state index < -0.39 is 65.9 Å². The number of phosphoric ester groups is 1. The molecule has 0 radical (unpaired) electrons. The Morgan fingerprint density at radius 2 is 1.60 bits per heavy atom. The Balaban J connectivity index is 1.53. The molecule has 6 atom stereocenters. The molecule has 21 heteroatoms. The molecule has 3 heterocycles. The molecule has 0 amide bonds. The van der Waals surface area contributed by atoms with Gasteiger partial charge in [0, 0.05) is 18.5 Å². The van der Waals surface area contributed by atoms with Crippen molar-refractivity contribution in [3.8, 4) is 11.1 Å². The third-order valence-corrected chi connectivity index (χ3v) is 10.0. The quantitative estimate of drug-likeness (QED) is 0.151. The molecule has 3 aromatic rings. The molecule has 0 saturated carbocycles. The van der Waals surface area contributed by atoms with Gasteiger partial charge in [-0.05, 0) is 29.7 Å². The molecule has 0 bridgehead atoms. The molecule has 4 rings (SSSR count). The SMILES string of the molecule is Cc1c(-c2ccccc2)ccnc1Cn1c(=O)ccn([C@@H]2O[C@H](COP(=O)(O)OP(=O)(O)OP(=O)(O)O)C(O)C2O)c1=O.